The summed E-state index contributed by atoms with van der Waals surface area (Å²) in [6.07, 6.45) is 1.95. The molecule has 24 heavy (non-hydrogen) atoms. The van der Waals surface area contributed by atoms with Crippen LogP contribution in [-0.4, -0.2) is 50.3 Å². The summed E-state index contributed by atoms with van der Waals surface area (Å²) in [5.41, 5.74) is 1.23. The van der Waals surface area contributed by atoms with Gasteiger partial charge in [-0.25, -0.2) is 15.0 Å². The molecule has 1 saturated heterocycles. The van der Waals surface area contributed by atoms with Crippen LogP contribution in [-0.2, 0) is 23.8 Å². The van der Waals surface area contributed by atoms with Gasteiger partial charge in [-0.05, 0) is 22.6 Å². The molecule has 3 atom stereocenters. The van der Waals surface area contributed by atoms with Gasteiger partial charge >= 0.3 is 11.9 Å². The summed E-state index contributed by atoms with van der Waals surface area (Å²) < 4.78 is 18.7. The molecule has 1 fully saturated rings. The number of hydrogen-bond acceptors (Lipinski definition) is 8. The molecule has 0 amide bonds. The Hall–Kier alpha value is -1.82. The van der Waals surface area contributed by atoms with E-state index in [2.05, 4.69) is 37.5 Å². The fraction of sp³-hybridized carbons (Fsp3) is 0.500. The van der Waals surface area contributed by atoms with Gasteiger partial charge in [-0.15, -0.1) is 0 Å². The molecule has 1 aliphatic rings. The first-order valence-corrected chi connectivity index (χ1v) is 8.32. The number of nitrogens with zero attached hydrogens (tertiary/aromatic N) is 4. The molecule has 0 saturated carbocycles. The number of hydrogen-bond donors (Lipinski definition) is 0. The number of carbonyl (C=O) groups excluding carboxylic acids is 2. The molecule has 2 aromatic rings. The first-order chi connectivity index (χ1) is 11.5. The minimum Gasteiger partial charge on any atom is -0.463 e. The fourth-order valence-electron chi connectivity index (χ4n) is 2.61. The predicted octanol–water partition coefficient (Wildman–Crippen LogP) is 1.21. The monoisotopic (exact) mass is 446 g/mol. The van der Waals surface area contributed by atoms with Gasteiger partial charge in [0.2, 0.25) is 0 Å². The maximum atomic E-state index is 11.4. The molecule has 0 unspecified atom stereocenters. The number of esters is 2. The molecule has 0 spiro atoms. The number of imidazole rings is 1. The van der Waals surface area contributed by atoms with E-state index < -0.39 is 18.3 Å². The van der Waals surface area contributed by atoms with Crippen molar-refractivity contribution in [3.05, 3.63) is 16.4 Å². The van der Waals surface area contributed by atoms with Crippen LogP contribution in [0, 0.1) is 3.70 Å². The first kappa shape index (κ1) is 17.0. The van der Waals surface area contributed by atoms with Gasteiger partial charge in [0.05, 0.1) is 12.4 Å². The van der Waals surface area contributed by atoms with Crippen LogP contribution in [0.4, 0.5) is 0 Å². The summed E-state index contributed by atoms with van der Waals surface area (Å²) in [5, 5.41) is 0. The van der Waals surface area contributed by atoms with Gasteiger partial charge in [0.25, 0.3) is 0 Å². The highest BCUT2D eigenvalue weighted by Gasteiger charge is 2.40. The van der Waals surface area contributed by atoms with Gasteiger partial charge in [-0.1, -0.05) is 0 Å². The molecule has 0 N–H and O–H groups in total. The van der Waals surface area contributed by atoms with Gasteiger partial charge in [0.15, 0.2) is 11.9 Å². The molecule has 3 heterocycles. The molecule has 0 aromatic carbocycles. The number of aromatic nitrogens is 4. The normalized spacial score (nSPS) is 23.4. The van der Waals surface area contributed by atoms with Crippen molar-refractivity contribution >= 4 is 45.7 Å². The Labute approximate surface area is 150 Å². The smallest absolute Gasteiger partial charge is 0.303 e. The molecular weight excluding hydrogens is 431 g/mol. The van der Waals surface area contributed by atoms with Crippen LogP contribution in [0.15, 0.2) is 12.7 Å². The second-order valence-corrected chi connectivity index (χ2v) is 6.35. The van der Waals surface area contributed by atoms with E-state index in [1.807, 2.05) is 0 Å². The van der Waals surface area contributed by atoms with E-state index in [1.54, 1.807) is 10.9 Å². The van der Waals surface area contributed by atoms with Crippen molar-refractivity contribution in [1.29, 1.82) is 0 Å². The standard InChI is InChI=1S/C14H15IN4O5/c1-7(20)22-4-9-3-10(23-8(2)21)14(24-9)19-6-18-11-12(15)16-5-17-13(11)19/h5-6,9-10,14H,3-4H2,1-2H3/t9-,10+,14+/m0/s1. The zero-order valence-electron chi connectivity index (χ0n) is 13.0. The summed E-state index contributed by atoms with van der Waals surface area (Å²) in [5.74, 6) is -0.795. The molecule has 0 radical (unpaired) electrons. The molecule has 2 aromatic heterocycles. The highest BCUT2D eigenvalue weighted by molar-refractivity contribution is 14.1. The lowest BCUT2D eigenvalue weighted by Gasteiger charge is -2.19. The van der Waals surface area contributed by atoms with Crippen molar-refractivity contribution in [2.45, 2.75) is 38.7 Å². The number of carbonyl (C=O) groups is 2. The average molecular weight is 446 g/mol. The molecule has 128 valence electrons. The number of fused-ring (bicyclic) bond motifs is 1. The average Bonchev–Trinajstić information content (AvgIpc) is 3.09. The Balaban J connectivity index is 1.88. The second-order valence-electron chi connectivity index (χ2n) is 5.32. The molecule has 1 aliphatic heterocycles. The van der Waals surface area contributed by atoms with E-state index in [9.17, 15) is 9.59 Å². The molecule has 0 aliphatic carbocycles. The van der Waals surface area contributed by atoms with Crippen molar-refractivity contribution in [3.8, 4) is 0 Å². The Kier molecular flexibility index (Phi) is 4.94. The number of rotatable bonds is 4. The lowest BCUT2D eigenvalue weighted by atomic mass is 10.2. The maximum absolute atomic E-state index is 11.4. The van der Waals surface area contributed by atoms with E-state index in [-0.39, 0.29) is 18.7 Å². The number of halogens is 1. The summed E-state index contributed by atoms with van der Waals surface area (Å²) in [6.45, 7) is 2.77. The van der Waals surface area contributed by atoms with E-state index in [4.69, 9.17) is 14.2 Å². The summed E-state index contributed by atoms with van der Waals surface area (Å²) in [7, 11) is 0. The highest BCUT2D eigenvalue weighted by atomic mass is 127. The van der Waals surface area contributed by atoms with Crippen LogP contribution >= 0.6 is 22.6 Å². The molecule has 9 nitrogen and oxygen atoms in total. The number of ether oxygens (including phenoxy) is 3. The topological polar surface area (TPSA) is 105 Å². The summed E-state index contributed by atoms with van der Waals surface area (Å²) >= 11 is 2.07. The van der Waals surface area contributed by atoms with E-state index in [0.717, 1.165) is 3.70 Å². The van der Waals surface area contributed by atoms with Gasteiger partial charge in [0, 0.05) is 20.3 Å². The second kappa shape index (κ2) is 6.97. The Bertz CT molecular complexity index is 780. The van der Waals surface area contributed by atoms with Crippen LogP contribution in [0.25, 0.3) is 11.2 Å². The maximum Gasteiger partial charge on any atom is 0.303 e. The fourth-order valence-corrected chi connectivity index (χ4v) is 3.11. The van der Waals surface area contributed by atoms with Crippen molar-refractivity contribution < 1.29 is 23.8 Å². The third-order valence-electron chi connectivity index (χ3n) is 3.52. The van der Waals surface area contributed by atoms with Crippen LogP contribution < -0.4 is 0 Å². The van der Waals surface area contributed by atoms with E-state index >= 15 is 0 Å². The van der Waals surface area contributed by atoms with Gasteiger partial charge in [-0.3, -0.25) is 14.2 Å². The zero-order valence-corrected chi connectivity index (χ0v) is 15.2. The van der Waals surface area contributed by atoms with Crippen molar-refractivity contribution in [3.63, 3.8) is 0 Å². The SMILES string of the molecule is CC(=O)OC[C@@H]1C[C@@H](OC(C)=O)[C@H](n2cnc3c(I)ncnc32)O1. The van der Waals surface area contributed by atoms with E-state index in [1.165, 1.54) is 20.2 Å². The molecule has 3 rings (SSSR count). The van der Waals surface area contributed by atoms with E-state index in [0.29, 0.717) is 17.6 Å². The Morgan fingerprint density at radius 1 is 1.33 bits per heavy atom. The van der Waals surface area contributed by atoms with Crippen LogP contribution in [0.3, 0.4) is 0 Å². The highest BCUT2D eigenvalue weighted by Crippen LogP contribution is 2.33. The third kappa shape index (κ3) is 3.48. The minimum absolute atomic E-state index is 0.0999. The van der Waals surface area contributed by atoms with Gasteiger partial charge < -0.3 is 14.2 Å². The summed E-state index contributed by atoms with van der Waals surface area (Å²) in [6, 6.07) is 0. The largest absolute Gasteiger partial charge is 0.463 e. The van der Waals surface area contributed by atoms with Crippen molar-refractivity contribution in [2.24, 2.45) is 0 Å². The quantitative estimate of drug-likeness (QED) is 0.392. The van der Waals surface area contributed by atoms with Crippen LogP contribution in [0.5, 0.6) is 0 Å². The summed E-state index contributed by atoms with van der Waals surface area (Å²) in [4.78, 5) is 35.0. The molecular formula is C14H15IN4O5. The third-order valence-corrected chi connectivity index (χ3v) is 4.31. The van der Waals surface area contributed by atoms with Crippen LogP contribution in [0.1, 0.15) is 26.5 Å². The first-order valence-electron chi connectivity index (χ1n) is 7.24. The van der Waals surface area contributed by atoms with Gasteiger partial charge in [0.1, 0.15) is 28.3 Å². The molecule has 0 bridgehead atoms. The predicted molar refractivity (Wildman–Crippen MR) is 88.8 cm³/mol. The zero-order chi connectivity index (χ0) is 17.3. The van der Waals surface area contributed by atoms with Crippen molar-refractivity contribution in [2.75, 3.05) is 6.61 Å². The Morgan fingerprint density at radius 3 is 2.83 bits per heavy atom. The van der Waals surface area contributed by atoms with Crippen LogP contribution in [0.2, 0.25) is 0 Å². The Morgan fingerprint density at radius 2 is 2.12 bits per heavy atom. The van der Waals surface area contributed by atoms with Crippen molar-refractivity contribution in [1.82, 2.24) is 19.5 Å². The minimum atomic E-state index is -0.592. The van der Waals surface area contributed by atoms with Gasteiger partial charge in [-0.2, -0.15) is 0 Å². The molecule has 10 heteroatoms. The lowest BCUT2D eigenvalue weighted by molar-refractivity contribution is -0.152. The lowest BCUT2D eigenvalue weighted by Crippen LogP contribution is -2.24.